The van der Waals surface area contributed by atoms with Gasteiger partial charge in [0.1, 0.15) is 23.3 Å². The fourth-order valence-corrected chi connectivity index (χ4v) is 7.33. The third kappa shape index (κ3) is 7.78. The van der Waals surface area contributed by atoms with E-state index in [1.54, 1.807) is 21.1 Å². The second-order valence-corrected chi connectivity index (χ2v) is 14.0. The first-order chi connectivity index (χ1) is 25.4. The van der Waals surface area contributed by atoms with Crippen LogP contribution in [0.2, 0.25) is 0 Å². The molecule has 15 heteroatoms. The van der Waals surface area contributed by atoms with Crippen LogP contribution in [0.1, 0.15) is 34.9 Å². The zero-order valence-corrected chi connectivity index (χ0v) is 29.9. The molecular formula is C38H37N3O11S. The van der Waals surface area contributed by atoms with Crippen molar-refractivity contribution in [3.63, 3.8) is 0 Å². The maximum Gasteiger partial charge on any atom is 0.330 e. The molecule has 3 atom stereocenters. The third-order valence-corrected chi connectivity index (χ3v) is 10.5. The van der Waals surface area contributed by atoms with Crippen LogP contribution in [0, 0.1) is 23.0 Å². The molecule has 1 aliphatic heterocycles. The Morgan fingerprint density at radius 3 is 1.96 bits per heavy atom. The highest BCUT2D eigenvalue weighted by Gasteiger charge is 2.43. The van der Waals surface area contributed by atoms with E-state index in [-0.39, 0.29) is 35.8 Å². The molecule has 0 bridgehead atoms. The number of aryl methyl sites for hydroxylation is 1. The molecule has 1 aliphatic rings. The number of nitro benzene ring substituents is 1. The van der Waals surface area contributed by atoms with Crippen LogP contribution in [-0.4, -0.2) is 56.4 Å². The highest BCUT2D eigenvalue weighted by molar-refractivity contribution is 7.86. The summed E-state index contributed by atoms with van der Waals surface area (Å²) in [7, 11) is -1.21. The van der Waals surface area contributed by atoms with Gasteiger partial charge >= 0.3 is 5.69 Å². The quantitative estimate of drug-likeness (QED) is 0.0694. The average Bonchev–Trinajstić information content (AvgIpc) is 3.59. The predicted octanol–water partition coefficient (Wildman–Crippen LogP) is 5.09. The van der Waals surface area contributed by atoms with Crippen molar-refractivity contribution >= 4 is 15.8 Å². The number of methoxy groups -OCH3 is 2. The minimum absolute atomic E-state index is 0.105. The van der Waals surface area contributed by atoms with E-state index in [9.17, 15) is 28.1 Å². The van der Waals surface area contributed by atoms with Crippen LogP contribution in [0.4, 0.5) is 5.69 Å². The van der Waals surface area contributed by atoms with Gasteiger partial charge < -0.3 is 18.9 Å². The monoisotopic (exact) mass is 743 g/mol. The van der Waals surface area contributed by atoms with Gasteiger partial charge in [-0.05, 0) is 60.0 Å². The normalized spacial score (nSPS) is 17.4. The first kappa shape index (κ1) is 37.2. The lowest BCUT2D eigenvalue weighted by molar-refractivity contribution is -0.384. The van der Waals surface area contributed by atoms with Crippen molar-refractivity contribution < 1.29 is 36.5 Å². The Labute approximate surface area is 304 Å². The first-order valence-electron chi connectivity index (χ1n) is 16.5. The van der Waals surface area contributed by atoms with Crippen molar-refractivity contribution in [1.82, 2.24) is 9.55 Å². The Morgan fingerprint density at radius 2 is 1.42 bits per heavy atom. The highest BCUT2D eigenvalue weighted by atomic mass is 32.2. The zero-order valence-electron chi connectivity index (χ0n) is 29.0. The van der Waals surface area contributed by atoms with Crippen LogP contribution >= 0.6 is 0 Å². The van der Waals surface area contributed by atoms with Crippen LogP contribution in [0.5, 0.6) is 11.5 Å². The SMILES string of the molecule is COc1ccc(C(OCC2OC(n3cc(C)c(=O)[nH]c3=O)CC2COS(=O)(=O)c2ccc([N+](=O)[O-])cc2)(c2ccccc2)c2ccc(OC)cc2)cc1. The Balaban J connectivity index is 1.38. The van der Waals surface area contributed by atoms with E-state index < -0.39 is 50.1 Å². The molecule has 1 saturated heterocycles. The van der Waals surface area contributed by atoms with E-state index in [4.69, 9.17) is 23.1 Å². The number of aromatic amines is 1. The molecule has 0 amide bonds. The van der Waals surface area contributed by atoms with Crippen molar-refractivity contribution in [2.24, 2.45) is 5.92 Å². The molecule has 0 saturated carbocycles. The first-order valence-corrected chi connectivity index (χ1v) is 18.0. The van der Waals surface area contributed by atoms with Gasteiger partial charge in [0.15, 0.2) is 0 Å². The molecule has 1 N–H and O–H groups in total. The molecule has 3 unspecified atom stereocenters. The lowest BCUT2D eigenvalue weighted by Crippen LogP contribution is -2.38. The molecule has 14 nitrogen and oxygen atoms in total. The zero-order chi connectivity index (χ0) is 37.8. The fourth-order valence-electron chi connectivity index (χ4n) is 6.37. The summed E-state index contributed by atoms with van der Waals surface area (Å²) in [5.41, 5.74) is -0.163. The lowest BCUT2D eigenvalue weighted by Gasteiger charge is -2.37. The van der Waals surface area contributed by atoms with Crippen LogP contribution in [0.25, 0.3) is 0 Å². The number of hydrogen-bond acceptors (Lipinski definition) is 11. The largest absolute Gasteiger partial charge is 0.497 e. The van der Waals surface area contributed by atoms with Gasteiger partial charge in [0.25, 0.3) is 21.4 Å². The average molecular weight is 744 g/mol. The number of hydrogen-bond donors (Lipinski definition) is 1. The number of nitrogens with one attached hydrogen (secondary N) is 1. The smallest absolute Gasteiger partial charge is 0.330 e. The Morgan fingerprint density at radius 1 is 0.849 bits per heavy atom. The van der Waals surface area contributed by atoms with Gasteiger partial charge in [-0.1, -0.05) is 54.6 Å². The predicted molar refractivity (Wildman–Crippen MR) is 193 cm³/mol. The summed E-state index contributed by atoms with van der Waals surface area (Å²) in [6, 6.07) is 28.8. The van der Waals surface area contributed by atoms with Gasteiger partial charge in [0.2, 0.25) is 0 Å². The summed E-state index contributed by atoms with van der Waals surface area (Å²) in [5.74, 6) is 0.633. The van der Waals surface area contributed by atoms with E-state index in [1.807, 2.05) is 78.9 Å². The number of rotatable bonds is 14. The van der Waals surface area contributed by atoms with E-state index in [0.717, 1.165) is 41.0 Å². The molecule has 53 heavy (non-hydrogen) atoms. The minimum Gasteiger partial charge on any atom is -0.497 e. The van der Waals surface area contributed by atoms with Gasteiger partial charge in [0, 0.05) is 36.2 Å². The van der Waals surface area contributed by atoms with Crippen LogP contribution < -0.4 is 20.7 Å². The van der Waals surface area contributed by atoms with Gasteiger partial charge in [0.05, 0.1) is 43.4 Å². The Bertz CT molecular complexity index is 2230. The lowest BCUT2D eigenvalue weighted by atomic mass is 9.80. The Hall–Kier alpha value is -5.61. The third-order valence-electron chi connectivity index (χ3n) is 9.23. The van der Waals surface area contributed by atoms with Crippen molar-refractivity contribution in [3.8, 4) is 11.5 Å². The van der Waals surface area contributed by atoms with E-state index in [2.05, 4.69) is 4.98 Å². The van der Waals surface area contributed by atoms with Gasteiger partial charge in [-0.2, -0.15) is 8.42 Å². The molecular weight excluding hydrogens is 706 g/mol. The fraction of sp³-hybridized carbons (Fsp3) is 0.263. The second kappa shape index (κ2) is 15.6. The number of H-pyrrole nitrogens is 1. The van der Waals surface area contributed by atoms with E-state index in [1.165, 1.54) is 10.8 Å². The molecule has 0 aliphatic carbocycles. The summed E-state index contributed by atoms with van der Waals surface area (Å²) < 4.78 is 57.7. The molecule has 4 aromatic carbocycles. The summed E-state index contributed by atoms with van der Waals surface area (Å²) in [6.07, 6.45) is -0.219. The minimum atomic E-state index is -4.36. The Kier molecular flexibility index (Phi) is 10.9. The maximum atomic E-state index is 13.3. The second-order valence-electron chi connectivity index (χ2n) is 12.4. The number of nitrogens with zero attached hydrogens (tertiary/aromatic N) is 2. The molecule has 2 heterocycles. The number of aromatic nitrogens is 2. The van der Waals surface area contributed by atoms with Gasteiger partial charge in [-0.3, -0.25) is 28.6 Å². The molecule has 0 spiro atoms. The molecule has 1 fully saturated rings. The molecule has 276 valence electrons. The number of benzene rings is 4. The highest BCUT2D eigenvalue weighted by Crippen LogP contribution is 2.43. The molecule has 0 radical (unpaired) electrons. The number of ether oxygens (including phenoxy) is 4. The summed E-state index contributed by atoms with van der Waals surface area (Å²) in [6.45, 7) is 1.08. The summed E-state index contributed by atoms with van der Waals surface area (Å²) in [4.78, 5) is 37.6. The van der Waals surface area contributed by atoms with Crippen molar-refractivity contribution in [2.45, 2.75) is 36.2 Å². The van der Waals surface area contributed by atoms with Crippen molar-refractivity contribution in [1.29, 1.82) is 0 Å². The van der Waals surface area contributed by atoms with Crippen molar-refractivity contribution in [3.05, 3.63) is 163 Å². The van der Waals surface area contributed by atoms with Crippen LogP contribution in [-0.2, 0) is 29.4 Å². The van der Waals surface area contributed by atoms with Crippen molar-refractivity contribution in [2.75, 3.05) is 27.4 Å². The topological polar surface area (TPSA) is 178 Å². The standard InChI is InChI=1S/C38H37N3O11S/c1-25-22-40(37(43)39-36(25)42)35-21-26(23-51-53(46,47)33-19-13-30(14-20-33)41(44)45)34(52-35)24-50-38(27-7-5-4-6-8-27,28-9-15-31(48-2)16-10-28)29-11-17-32(49-3)18-12-29/h4-20,22,26,34-35H,21,23-24H2,1-3H3,(H,39,42,43). The van der Waals surface area contributed by atoms with Crippen LogP contribution in [0.15, 0.2) is 124 Å². The number of non-ortho nitro benzene ring substituents is 1. The van der Waals surface area contributed by atoms with Gasteiger partial charge in [-0.15, -0.1) is 0 Å². The van der Waals surface area contributed by atoms with Crippen LogP contribution in [0.3, 0.4) is 0 Å². The van der Waals surface area contributed by atoms with E-state index >= 15 is 0 Å². The molecule has 6 rings (SSSR count). The number of nitro groups is 1. The summed E-state index contributed by atoms with van der Waals surface area (Å²) >= 11 is 0. The van der Waals surface area contributed by atoms with E-state index in [0.29, 0.717) is 11.5 Å². The molecule has 1 aromatic heterocycles. The maximum absolute atomic E-state index is 13.3. The summed E-state index contributed by atoms with van der Waals surface area (Å²) in [5, 5.41) is 11.1. The van der Waals surface area contributed by atoms with Gasteiger partial charge in [-0.25, -0.2) is 4.79 Å². The molecule has 5 aromatic rings.